The van der Waals surface area contributed by atoms with Crippen molar-refractivity contribution in [1.29, 1.82) is 0 Å². The van der Waals surface area contributed by atoms with E-state index in [-0.39, 0.29) is 28.8 Å². The van der Waals surface area contributed by atoms with Crippen molar-refractivity contribution in [3.63, 3.8) is 0 Å². The normalized spacial score (nSPS) is 17.4. The van der Waals surface area contributed by atoms with Gasteiger partial charge in [-0.1, -0.05) is 0 Å². The van der Waals surface area contributed by atoms with Gasteiger partial charge in [-0.15, -0.1) is 0 Å². The highest BCUT2D eigenvalue weighted by Crippen LogP contribution is 2.25. The first kappa shape index (κ1) is 17.5. The number of hydrogen-bond donors (Lipinski definition) is 1. The second-order valence-electron chi connectivity index (χ2n) is 6.95. The van der Waals surface area contributed by atoms with Crippen LogP contribution in [0.5, 0.6) is 0 Å². The van der Waals surface area contributed by atoms with Gasteiger partial charge in [0.1, 0.15) is 17.2 Å². The number of hydrogen-bond acceptors (Lipinski definition) is 5. The van der Waals surface area contributed by atoms with Gasteiger partial charge in [0.15, 0.2) is 0 Å². The molecule has 1 amide bonds. The van der Waals surface area contributed by atoms with Crippen LogP contribution in [0.1, 0.15) is 34.9 Å². The zero-order valence-corrected chi connectivity index (χ0v) is 15.6. The number of rotatable bonds is 3. The first-order chi connectivity index (χ1) is 12.9. The highest BCUT2D eigenvalue weighted by Gasteiger charge is 2.21. The molecule has 0 aliphatic carbocycles. The first-order valence-corrected chi connectivity index (χ1v) is 8.99. The summed E-state index contributed by atoms with van der Waals surface area (Å²) >= 11 is 0. The van der Waals surface area contributed by atoms with E-state index in [1.54, 1.807) is 23.8 Å². The van der Waals surface area contributed by atoms with Gasteiger partial charge in [0, 0.05) is 31.6 Å². The zero-order chi connectivity index (χ0) is 19.1. The SMILES string of the molecule is Cc1cc(-c2cn3cc(C(=O)N[C@@H]4CCCOC4)nc3c(=O)n2C)c(C)o1. The number of fused-ring (bicyclic) bond motifs is 1. The van der Waals surface area contributed by atoms with E-state index in [1.807, 2.05) is 19.9 Å². The van der Waals surface area contributed by atoms with E-state index < -0.39 is 0 Å². The minimum absolute atomic E-state index is 0.0222. The molecule has 142 valence electrons. The van der Waals surface area contributed by atoms with Gasteiger partial charge in [-0.25, -0.2) is 4.98 Å². The predicted molar refractivity (Wildman–Crippen MR) is 98.9 cm³/mol. The van der Waals surface area contributed by atoms with E-state index in [0.29, 0.717) is 12.3 Å². The lowest BCUT2D eigenvalue weighted by atomic mass is 10.1. The summed E-state index contributed by atoms with van der Waals surface area (Å²) in [7, 11) is 1.69. The topological polar surface area (TPSA) is 90.8 Å². The van der Waals surface area contributed by atoms with E-state index in [2.05, 4.69) is 10.3 Å². The van der Waals surface area contributed by atoms with Gasteiger partial charge in [0.05, 0.1) is 18.3 Å². The average Bonchev–Trinajstić information content (AvgIpc) is 3.22. The molecule has 0 spiro atoms. The fourth-order valence-corrected chi connectivity index (χ4v) is 3.49. The van der Waals surface area contributed by atoms with Crippen molar-refractivity contribution in [3.8, 4) is 11.3 Å². The molecule has 3 aromatic rings. The molecule has 4 heterocycles. The molecule has 0 radical (unpaired) electrons. The Morgan fingerprint density at radius 2 is 2.15 bits per heavy atom. The second-order valence-corrected chi connectivity index (χ2v) is 6.95. The number of imidazole rings is 1. The minimum Gasteiger partial charge on any atom is -0.466 e. The molecule has 27 heavy (non-hydrogen) atoms. The third-order valence-electron chi connectivity index (χ3n) is 4.90. The molecule has 8 nitrogen and oxygen atoms in total. The Balaban J connectivity index is 1.72. The van der Waals surface area contributed by atoms with Crippen molar-refractivity contribution in [2.45, 2.75) is 32.7 Å². The Hall–Kier alpha value is -2.87. The van der Waals surface area contributed by atoms with Crippen LogP contribution in [0.15, 0.2) is 27.7 Å². The van der Waals surface area contributed by atoms with E-state index >= 15 is 0 Å². The summed E-state index contributed by atoms with van der Waals surface area (Å²) in [6.07, 6.45) is 5.18. The van der Waals surface area contributed by atoms with E-state index in [9.17, 15) is 9.59 Å². The zero-order valence-electron chi connectivity index (χ0n) is 15.6. The Morgan fingerprint density at radius 3 is 2.81 bits per heavy atom. The summed E-state index contributed by atoms with van der Waals surface area (Å²) < 4.78 is 14.1. The summed E-state index contributed by atoms with van der Waals surface area (Å²) in [6.45, 7) is 4.95. The number of aromatic nitrogens is 3. The maximum absolute atomic E-state index is 12.8. The van der Waals surface area contributed by atoms with Crippen LogP contribution < -0.4 is 10.9 Å². The largest absolute Gasteiger partial charge is 0.466 e. The fourth-order valence-electron chi connectivity index (χ4n) is 3.49. The van der Waals surface area contributed by atoms with Gasteiger partial charge >= 0.3 is 0 Å². The highest BCUT2D eigenvalue weighted by atomic mass is 16.5. The highest BCUT2D eigenvalue weighted by molar-refractivity contribution is 5.93. The molecule has 4 rings (SSSR count). The summed E-state index contributed by atoms with van der Waals surface area (Å²) in [5, 5.41) is 2.93. The molecule has 0 saturated carbocycles. The van der Waals surface area contributed by atoms with Crippen LogP contribution in [0, 0.1) is 13.8 Å². The summed E-state index contributed by atoms with van der Waals surface area (Å²) in [5.41, 5.74) is 1.70. The first-order valence-electron chi connectivity index (χ1n) is 8.99. The van der Waals surface area contributed by atoms with Crippen LogP contribution in [-0.2, 0) is 11.8 Å². The molecular weight excluding hydrogens is 348 g/mol. The Bertz CT molecular complexity index is 1070. The monoisotopic (exact) mass is 370 g/mol. The van der Waals surface area contributed by atoms with Crippen molar-refractivity contribution in [3.05, 3.63) is 46.0 Å². The molecule has 1 atom stereocenters. The van der Waals surface area contributed by atoms with Crippen LogP contribution >= 0.6 is 0 Å². The Labute approximate surface area is 155 Å². The van der Waals surface area contributed by atoms with Gasteiger partial charge in [-0.3, -0.25) is 14.0 Å². The molecule has 1 aliphatic heterocycles. The number of nitrogens with one attached hydrogen (secondary N) is 1. The molecule has 0 aromatic carbocycles. The van der Waals surface area contributed by atoms with Crippen molar-refractivity contribution >= 4 is 11.6 Å². The van der Waals surface area contributed by atoms with Crippen LogP contribution in [0.2, 0.25) is 0 Å². The van der Waals surface area contributed by atoms with Crippen molar-refractivity contribution in [2.24, 2.45) is 7.05 Å². The van der Waals surface area contributed by atoms with Gasteiger partial charge in [-0.05, 0) is 32.8 Å². The number of carbonyl (C=O) groups excluding carboxylic acids is 1. The third kappa shape index (κ3) is 3.16. The van der Waals surface area contributed by atoms with Crippen molar-refractivity contribution in [2.75, 3.05) is 13.2 Å². The van der Waals surface area contributed by atoms with Crippen molar-refractivity contribution in [1.82, 2.24) is 19.3 Å². The van der Waals surface area contributed by atoms with Crippen LogP contribution in [0.3, 0.4) is 0 Å². The molecule has 1 N–H and O–H groups in total. The summed E-state index contributed by atoms with van der Waals surface area (Å²) in [5.74, 6) is 1.21. The quantitative estimate of drug-likeness (QED) is 0.759. The number of aryl methyl sites for hydroxylation is 2. The van der Waals surface area contributed by atoms with Gasteiger partial charge in [-0.2, -0.15) is 0 Å². The molecule has 1 saturated heterocycles. The van der Waals surface area contributed by atoms with Crippen LogP contribution in [0.25, 0.3) is 16.9 Å². The standard InChI is InChI=1S/C19H22N4O4/c1-11-7-14(12(2)27-11)16-9-23-8-15(21-17(23)19(25)22(16)3)18(24)20-13-5-4-6-26-10-13/h7-9,13H,4-6,10H2,1-3H3,(H,20,24)/t13-/m1/s1. The molecule has 1 aliphatic rings. The fraction of sp³-hybridized carbons (Fsp3) is 0.421. The third-order valence-corrected chi connectivity index (χ3v) is 4.90. The molecular formula is C19H22N4O4. The molecule has 0 bridgehead atoms. The molecule has 0 unspecified atom stereocenters. The smallest absolute Gasteiger partial charge is 0.294 e. The number of amides is 1. The molecule has 1 fully saturated rings. The van der Waals surface area contributed by atoms with Gasteiger partial charge in [0.25, 0.3) is 11.5 Å². The van der Waals surface area contributed by atoms with E-state index in [0.717, 1.165) is 36.5 Å². The van der Waals surface area contributed by atoms with Gasteiger partial charge < -0.3 is 19.0 Å². The Kier molecular flexibility index (Phi) is 4.35. The summed E-state index contributed by atoms with van der Waals surface area (Å²) in [6, 6.07) is 1.87. The van der Waals surface area contributed by atoms with Crippen LogP contribution in [0.4, 0.5) is 0 Å². The molecule has 8 heteroatoms. The van der Waals surface area contributed by atoms with E-state index in [4.69, 9.17) is 9.15 Å². The molecule has 3 aromatic heterocycles. The lowest BCUT2D eigenvalue weighted by molar-refractivity contribution is 0.0622. The maximum atomic E-state index is 12.8. The van der Waals surface area contributed by atoms with E-state index in [1.165, 1.54) is 4.57 Å². The Morgan fingerprint density at radius 1 is 1.33 bits per heavy atom. The number of carbonyl (C=O) groups is 1. The minimum atomic E-state index is -0.298. The number of nitrogens with zero attached hydrogens (tertiary/aromatic N) is 3. The number of furan rings is 1. The lowest BCUT2D eigenvalue weighted by Crippen LogP contribution is -2.40. The van der Waals surface area contributed by atoms with Gasteiger partial charge in [0.2, 0.25) is 5.65 Å². The van der Waals surface area contributed by atoms with Crippen molar-refractivity contribution < 1.29 is 13.9 Å². The number of ether oxygens (including phenoxy) is 1. The van der Waals surface area contributed by atoms with Crippen LogP contribution in [-0.4, -0.2) is 39.1 Å². The summed E-state index contributed by atoms with van der Waals surface area (Å²) in [4.78, 5) is 29.5. The predicted octanol–water partition coefficient (Wildman–Crippen LogP) is 1.82. The second kappa shape index (κ2) is 6.70. The maximum Gasteiger partial charge on any atom is 0.294 e. The average molecular weight is 370 g/mol. The lowest BCUT2D eigenvalue weighted by Gasteiger charge is -2.22.